The number of benzene rings is 1. The molecule has 21 heavy (non-hydrogen) atoms. The summed E-state index contributed by atoms with van der Waals surface area (Å²) < 4.78 is 36.4. The maximum absolute atomic E-state index is 13.6. The van der Waals surface area contributed by atoms with Crippen LogP contribution in [0.15, 0.2) is 21.5 Å². The molecule has 1 aromatic rings. The predicted octanol–water partition coefficient (Wildman–Crippen LogP) is 2.40. The summed E-state index contributed by atoms with van der Waals surface area (Å²) in [6.45, 7) is 7.68. The Balaban J connectivity index is 3.23. The summed E-state index contributed by atoms with van der Waals surface area (Å²) in [7, 11) is -4.24. The van der Waals surface area contributed by atoms with Crippen molar-refractivity contribution >= 4 is 31.9 Å². The number of hydrogen-bond acceptors (Lipinski definition) is 3. The molecule has 0 saturated carbocycles. The van der Waals surface area contributed by atoms with E-state index in [9.17, 15) is 17.6 Å². The third kappa shape index (κ3) is 4.49. The van der Waals surface area contributed by atoms with Crippen molar-refractivity contribution < 1.29 is 17.6 Å². The van der Waals surface area contributed by atoms with Crippen molar-refractivity contribution in [3.05, 3.63) is 28.0 Å². The molecule has 5 nitrogen and oxygen atoms in total. The number of halogens is 2. The van der Waals surface area contributed by atoms with Crippen molar-refractivity contribution in [3.63, 3.8) is 0 Å². The van der Waals surface area contributed by atoms with Crippen LogP contribution in [0, 0.1) is 11.2 Å². The van der Waals surface area contributed by atoms with E-state index in [1.54, 1.807) is 0 Å². The molecule has 0 radical (unpaired) electrons. The molecule has 0 aromatic heterocycles. The normalized spacial score (nSPS) is 13.9. The summed E-state index contributed by atoms with van der Waals surface area (Å²) >= 11 is 3.05. The molecule has 1 unspecified atom stereocenters. The van der Waals surface area contributed by atoms with Gasteiger partial charge in [-0.25, -0.2) is 17.9 Å². The molecule has 1 aromatic carbocycles. The number of nitrogens with one attached hydrogen (secondary N) is 1. The second-order valence-electron chi connectivity index (χ2n) is 5.87. The van der Waals surface area contributed by atoms with Crippen molar-refractivity contribution in [2.75, 3.05) is 0 Å². The fraction of sp³-hybridized carbons (Fsp3) is 0.462. The molecular weight excluding hydrogens is 363 g/mol. The highest BCUT2D eigenvalue weighted by molar-refractivity contribution is 9.10. The minimum atomic E-state index is -4.24. The van der Waals surface area contributed by atoms with E-state index in [-0.39, 0.29) is 21.5 Å². The van der Waals surface area contributed by atoms with E-state index in [1.807, 2.05) is 27.7 Å². The number of hydrogen-bond donors (Lipinski definition) is 2. The third-order valence-corrected chi connectivity index (χ3v) is 4.80. The molecule has 0 spiro atoms. The van der Waals surface area contributed by atoms with Gasteiger partial charge in [-0.1, -0.05) is 20.8 Å². The summed E-state index contributed by atoms with van der Waals surface area (Å²) in [6.07, 6.45) is 0. The van der Waals surface area contributed by atoms with Gasteiger partial charge in [-0.15, -0.1) is 0 Å². The highest BCUT2D eigenvalue weighted by Crippen LogP contribution is 2.25. The van der Waals surface area contributed by atoms with Crippen LogP contribution < -0.4 is 10.5 Å². The summed E-state index contributed by atoms with van der Waals surface area (Å²) in [5.41, 5.74) is -0.165. The van der Waals surface area contributed by atoms with Crippen molar-refractivity contribution in [1.82, 2.24) is 5.32 Å². The molecular formula is C13H18BrFN2O3S. The smallest absolute Gasteiger partial charge is 0.252 e. The second kappa shape index (κ2) is 6.02. The molecule has 0 heterocycles. The van der Waals surface area contributed by atoms with Crippen LogP contribution in [0.3, 0.4) is 0 Å². The van der Waals surface area contributed by atoms with Crippen LogP contribution in [-0.2, 0) is 10.0 Å². The molecule has 0 aliphatic heterocycles. The van der Waals surface area contributed by atoms with Gasteiger partial charge in [0.05, 0.1) is 5.56 Å². The first-order valence-corrected chi connectivity index (χ1v) is 8.50. The van der Waals surface area contributed by atoms with E-state index in [1.165, 1.54) is 0 Å². The van der Waals surface area contributed by atoms with Crippen LogP contribution in [0.25, 0.3) is 0 Å². The Kier molecular flexibility index (Phi) is 5.18. The van der Waals surface area contributed by atoms with Gasteiger partial charge in [-0.3, -0.25) is 4.79 Å². The number of carbonyl (C=O) groups excluding carboxylic acids is 1. The van der Waals surface area contributed by atoms with Gasteiger partial charge in [0.2, 0.25) is 10.0 Å². The zero-order chi connectivity index (χ0) is 16.6. The largest absolute Gasteiger partial charge is 0.349 e. The Hall–Kier alpha value is -0.990. The van der Waals surface area contributed by atoms with Crippen molar-refractivity contribution in [2.24, 2.45) is 10.6 Å². The number of sulfonamides is 1. The minimum Gasteiger partial charge on any atom is -0.349 e. The zero-order valence-electron chi connectivity index (χ0n) is 12.2. The van der Waals surface area contributed by atoms with E-state index in [0.717, 1.165) is 12.1 Å². The fourth-order valence-corrected chi connectivity index (χ4v) is 2.52. The SMILES string of the molecule is CC(NC(=O)c1cc(S(N)(=O)=O)c(F)cc1Br)C(C)(C)C. The van der Waals surface area contributed by atoms with Crippen molar-refractivity contribution in [2.45, 2.75) is 38.6 Å². The predicted molar refractivity (Wildman–Crippen MR) is 81.9 cm³/mol. The van der Waals surface area contributed by atoms with Gasteiger partial charge in [-0.2, -0.15) is 0 Å². The number of amides is 1. The lowest BCUT2D eigenvalue weighted by atomic mass is 9.88. The summed E-state index contributed by atoms with van der Waals surface area (Å²) in [5.74, 6) is -1.51. The minimum absolute atomic E-state index is 0.0107. The van der Waals surface area contributed by atoms with Gasteiger partial charge in [0, 0.05) is 10.5 Å². The van der Waals surface area contributed by atoms with E-state index in [2.05, 4.69) is 21.2 Å². The molecule has 1 atom stereocenters. The average Bonchev–Trinajstić information content (AvgIpc) is 2.25. The summed E-state index contributed by atoms with van der Waals surface area (Å²) in [4.78, 5) is 11.5. The Bertz CT molecular complexity index is 669. The van der Waals surface area contributed by atoms with Crippen LogP contribution in [-0.4, -0.2) is 20.4 Å². The quantitative estimate of drug-likeness (QED) is 0.843. The monoisotopic (exact) mass is 380 g/mol. The van der Waals surface area contributed by atoms with Gasteiger partial charge in [0.15, 0.2) is 0 Å². The lowest BCUT2D eigenvalue weighted by Gasteiger charge is -2.28. The highest BCUT2D eigenvalue weighted by atomic mass is 79.9. The van der Waals surface area contributed by atoms with Gasteiger partial charge in [-0.05, 0) is 40.4 Å². The molecule has 8 heteroatoms. The summed E-state index contributed by atoms with van der Waals surface area (Å²) in [6, 6.07) is 1.68. The fourth-order valence-electron chi connectivity index (χ4n) is 1.41. The van der Waals surface area contributed by atoms with Crippen LogP contribution in [0.5, 0.6) is 0 Å². The molecule has 3 N–H and O–H groups in total. The Morgan fingerprint density at radius 2 is 1.90 bits per heavy atom. The molecule has 0 aliphatic rings. The lowest BCUT2D eigenvalue weighted by Crippen LogP contribution is -2.41. The Morgan fingerprint density at radius 1 is 1.38 bits per heavy atom. The first-order chi connectivity index (χ1) is 9.34. The number of nitrogens with two attached hydrogens (primary N) is 1. The van der Waals surface area contributed by atoms with Gasteiger partial charge in [0.25, 0.3) is 5.91 Å². The second-order valence-corrected chi connectivity index (χ2v) is 8.25. The van der Waals surface area contributed by atoms with Crippen LogP contribution in [0.4, 0.5) is 4.39 Å². The molecule has 0 aliphatic carbocycles. The average molecular weight is 381 g/mol. The van der Waals surface area contributed by atoms with E-state index in [0.29, 0.717) is 0 Å². The van der Waals surface area contributed by atoms with Gasteiger partial charge < -0.3 is 5.32 Å². The molecule has 1 rings (SSSR count). The topological polar surface area (TPSA) is 89.3 Å². The number of rotatable bonds is 3. The number of primary sulfonamides is 1. The van der Waals surface area contributed by atoms with Crippen molar-refractivity contribution in [1.29, 1.82) is 0 Å². The Labute approximate surface area is 132 Å². The summed E-state index contributed by atoms with van der Waals surface area (Å²) in [5, 5.41) is 7.68. The van der Waals surface area contributed by atoms with E-state index in [4.69, 9.17) is 5.14 Å². The first-order valence-electron chi connectivity index (χ1n) is 6.16. The zero-order valence-corrected chi connectivity index (χ0v) is 14.6. The van der Waals surface area contributed by atoms with Crippen LogP contribution in [0.1, 0.15) is 38.1 Å². The maximum atomic E-state index is 13.6. The first kappa shape index (κ1) is 18.1. The van der Waals surface area contributed by atoms with Crippen LogP contribution in [0.2, 0.25) is 0 Å². The molecule has 1 amide bonds. The van der Waals surface area contributed by atoms with Crippen LogP contribution >= 0.6 is 15.9 Å². The van der Waals surface area contributed by atoms with E-state index < -0.39 is 26.6 Å². The molecule has 118 valence electrons. The standard InChI is InChI=1S/C13H18BrFN2O3S/c1-7(13(2,3)4)17-12(18)8-5-11(21(16,19)20)10(15)6-9(8)14/h5-7H,1-4H3,(H,17,18)(H2,16,19,20). The third-order valence-electron chi connectivity index (χ3n) is 3.22. The highest BCUT2D eigenvalue weighted by Gasteiger charge is 2.25. The molecule has 0 fully saturated rings. The number of carbonyl (C=O) groups is 1. The van der Waals surface area contributed by atoms with Gasteiger partial charge in [0.1, 0.15) is 10.7 Å². The van der Waals surface area contributed by atoms with Gasteiger partial charge >= 0.3 is 0 Å². The Morgan fingerprint density at radius 3 is 2.33 bits per heavy atom. The lowest BCUT2D eigenvalue weighted by molar-refractivity contribution is 0.0909. The van der Waals surface area contributed by atoms with E-state index >= 15 is 0 Å². The van der Waals surface area contributed by atoms with Crippen molar-refractivity contribution in [3.8, 4) is 0 Å². The molecule has 0 saturated heterocycles. The maximum Gasteiger partial charge on any atom is 0.252 e. The molecule has 0 bridgehead atoms.